The van der Waals surface area contributed by atoms with Crippen molar-refractivity contribution in [3.05, 3.63) is 0 Å². The molecule has 0 aromatic heterocycles. The Morgan fingerprint density at radius 1 is 1.27 bits per heavy atom. The first kappa shape index (κ1) is 8.97. The van der Waals surface area contributed by atoms with Crippen LogP contribution in [0.1, 0.15) is 25.7 Å². The molecular weight excluding hydrogens is 144 g/mol. The van der Waals surface area contributed by atoms with E-state index >= 15 is 0 Å². The summed E-state index contributed by atoms with van der Waals surface area (Å²) in [5, 5.41) is 9.57. The Kier molecular flexibility index (Phi) is 2.87. The maximum absolute atomic E-state index is 9.57. The maximum Gasteiger partial charge on any atom is 0.193 e. The van der Waals surface area contributed by atoms with Gasteiger partial charge in [0.15, 0.2) is 5.79 Å². The zero-order chi connectivity index (χ0) is 8.32. The molecular formula is C8H16O3. The van der Waals surface area contributed by atoms with Gasteiger partial charge in [-0.3, -0.25) is 0 Å². The Labute approximate surface area is 67.3 Å². The van der Waals surface area contributed by atoms with Gasteiger partial charge in [0.2, 0.25) is 0 Å². The van der Waals surface area contributed by atoms with E-state index in [1.165, 1.54) is 0 Å². The van der Waals surface area contributed by atoms with Crippen molar-refractivity contribution >= 4 is 0 Å². The largest absolute Gasteiger partial charge is 0.388 e. The quantitative estimate of drug-likeness (QED) is 0.610. The molecule has 1 rings (SSSR count). The average Bonchev–Trinajstić information content (AvgIpc) is 2.06. The number of aliphatic hydroxyl groups excluding tert-OH is 1. The van der Waals surface area contributed by atoms with Crippen molar-refractivity contribution in [3.8, 4) is 0 Å². The third kappa shape index (κ3) is 1.55. The maximum atomic E-state index is 9.57. The van der Waals surface area contributed by atoms with Crippen molar-refractivity contribution in [2.45, 2.75) is 37.6 Å². The first-order chi connectivity index (χ1) is 5.25. The molecule has 1 aliphatic rings. The van der Waals surface area contributed by atoms with Gasteiger partial charge in [-0.1, -0.05) is 6.42 Å². The lowest BCUT2D eigenvalue weighted by Gasteiger charge is -2.38. The fraction of sp³-hybridized carbons (Fsp3) is 1.00. The molecule has 1 atom stereocenters. The SMILES string of the molecule is COC1(OC)CCCC[C@H]1O. The van der Waals surface area contributed by atoms with E-state index < -0.39 is 11.9 Å². The normalized spacial score (nSPS) is 30.3. The predicted octanol–water partition coefficient (Wildman–Crippen LogP) is 0.910. The Morgan fingerprint density at radius 2 is 1.91 bits per heavy atom. The molecule has 0 radical (unpaired) electrons. The molecule has 0 amide bonds. The van der Waals surface area contributed by atoms with Crippen molar-refractivity contribution in [3.63, 3.8) is 0 Å². The second-order valence-electron chi connectivity index (χ2n) is 2.98. The molecule has 0 aliphatic heterocycles. The highest BCUT2D eigenvalue weighted by atomic mass is 16.7. The number of methoxy groups -OCH3 is 2. The van der Waals surface area contributed by atoms with Crippen molar-refractivity contribution in [1.82, 2.24) is 0 Å². The molecule has 0 aromatic rings. The van der Waals surface area contributed by atoms with E-state index in [2.05, 4.69) is 0 Å². The second-order valence-corrected chi connectivity index (χ2v) is 2.98. The zero-order valence-corrected chi connectivity index (χ0v) is 7.17. The Hall–Kier alpha value is -0.120. The van der Waals surface area contributed by atoms with Gasteiger partial charge in [-0.25, -0.2) is 0 Å². The topological polar surface area (TPSA) is 38.7 Å². The zero-order valence-electron chi connectivity index (χ0n) is 7.17. The minimum Gasteiger partial charge on any atom is -0.388 e. The highest BCUT2D eigenvalue weighted by Gasteiger charge is 2.40. The molecule has 11 heavy (non-hydrogen) atoms. The van der Waals surface area contributed by atoms with Crippen LogP contribution in [0.5, 0.6) is 0 Å². The Balaban J connectivity index is 2.61. The number of hydrogen-bond acceptors (Lipinski definition) is 3. The lowest BCUT2D eigenvalue weighted by molar-refractivity contribution is -0.272. The summed E-state index contributed by atoms with van der Waals surface area (Å²) in [6.45, 7) is 0. The summed E-state index contributed by atoms with van der Waals surface area (Å²) in [5.41, 5.74) is 0. The third-order valence-corrected chi connectivity index (χ3v) is 2.45. The molecule has 0 aromatic carbocycles. The fourth-order valence-corrected chi connectivity index (χ4v) is 1.66. The van der Waals surface area contributed by atoms with Crippen LogP contribution >= 0.6 is 0 Å². The molecule has 66 valence electrons. The summed E-state index contributed by atoms with van der Waals surface area (Å²) in [5.74, 6) is -0.724. The predicted molar refractivity (Wildman–Crippen MR) is 41.2 cm³/mol. The third-order valence-electron chi connectivity index (χ3n) is 2.45. The van der Waals surface area contributed by atoms with E-state index in [-0.39, 0.29) is 0 Å². The first-order valence-corrected chi connectivity index (χ1v) is 4.03. The Morgan fingerprint density at radius 3 is 2.27 bits per heavy atom. The highest BCUT2D eigenvalue weighted by Crippen LogP contribution is 2.31. The van der Waals surface area contributed by atoms with Gasteiger partial charge >= 0.3 is 0 Å². The van der Waals surface area contributed by atoms with Gasteiger partial charge in [-0.15, -0.1) is 0 Å². The van der Waals surface area contributed by atoms with Crippen LogP contribution in [-0.4, -0.2) is 31.2 Å². The molecule has 1 aliphatic carbocycles. The summed E-state index contributed by atoms with van der Waals surface area (Å²) >= 11 is 0. The number of hydrogen-bond donors (Lipinski definition) is 1. The lowest BCUT2D eigenvalue weighted by atomic mass is 9.91. The number of ether oxygens (including phenoxy) is 2. The summed E-state index contributed by atoms with van der Waals surface area (Å²) in [7, 11) is 3.16. The van der Waals surface area contributed by atoms with Crippen LogP contribution in [0.3, 0.4) is 0 Å². The van der Waals surface area contributed by atoms with Crippen molar-refractivity contribution in [1.29, 1.82) is 0 Å². The van der Waals surface area contributed by atoms with Crippen LogP contribution < -0.4 is 0 Å². The Bertz CT molecular complexity index is 121. The van der Waals surface area contributed by atoms with Crippen LogP contribution in [0.2, 0.25) is 0 Å². The van der Waals surface area contributed by atoms with Crippen LogP contribution in [0, 0.1) is 0 Å². The molecule has 1 saturated carbocycles. The number of aliphatic hydroxyl groups is 1. The number of rotatable bonds is 2. The minimum absolute atomic E-state index is 0.466. The molecule has 1 fully saturated rings. The molecule has 0 heterocycles. The van der Waals surface area contributed by atoms with Gasteiger partial charge in [0.05, 0.1) is 0 Å². The smallest absolute Gasteiger partial charge is 0.193 e. The second kappa shape index (κ2) is 3.52. The van der Waals surface area contributed by atoms with E-state index in [0.717, 1.165) is 25.7 Å². The van der Waals surface area contributed by atoms with Crippen LogP contribution in [-0.2, 0) is 9.47 Å². The summed E-state index contributed by atoms with van der Waals surface area (Å²) in [6.07, 6.45) is 3.24. The fourth-order valence-electron chi connectivity index (χ4n) is 1.66. The van der Waals surface area contributed by atoms with E-state index in [0.29, 0.717) is 0 Å². The van der Waals surface area contributed by atoms with E-state index in [9.17, 15) is 5.11 Å². The van der Waals surface area contributed by atoms with Gasteiger partial charge in [0.25, 0.3) is 0 Å². The molecule has 3 nitrogen and oxygen atoms in total. The summed E-state index contributed by atoms with van der Waals surface area (Å²) in [6, 6.07) is 0. The van der Waals surface area contributed by atoms with Gasteiger partial charge in [-0.05, 0) is 12.8 Å². The highest BCUT2D eigenvalue weighted by molar-refractivity contribution is 4.83. The standard InChI is InChI=1S/C8H16O3/c1-10-8(11-2)6-4-3-5-7(8)9/h7,9H,3-6H2,1-2H3/t7-/m1/s1. The van der Waals surface area contributed by atoms with E-state index in [1.807, 2.05) is 0 Å². The summed E-state index contributed by atoms with van der Waals surface area (Å²) < 4.78 is 10.3. The van der Waals surface area contributed by atoms with Crippen LogP contribution in [0.25, 0.3) is 0 Å². The van der Waals surface area contributed by atoms with Crippen molar-refractivity contribution in [2.24, 2.45) is 0 Å². The van der Waals surface area contributed by atoms with Crippen LogP contribution in [0.15, 0.2) is 0 Å². The molecule has 0 bridgehead atoms. The molecule has 0 unspecified atom stereocenters. The first-order valence-electron chi connectivity index (χ1n) is 4.03. The van der Waals surface area contributed by atoms with Gasteiger partial charge in [-0.2, -0.15) is 0 Å². The molecule has 3 heteroatoms. The van der Waals surface area contributed by atoms with Gasteiger partial charge < -0.3 is 14.6 Å². The molecule has 0 saturated heterocycles. The molecule has 0 spiro atoms. The van der Waals surface area contributed by atoms with E-state index in [4.69, 9.17) is 9.47 Å². The molecule has 1 N–H and O–H groups in total. The van der Waals surface area contributed by atoms with E-state index in [1.54, 1.807) is 14.2 Å². The lowest BCUT2D eigenvalue weighted by Crippen LogP contribution is -2.48. The monoisotopic (exact) mass is 160 g/mol. The van der Waals surface area contributed by atoms with Crippen molar-refractivity contribution in [2.75, 3.05) is 14.2 Å². The van der Waals surface area contributed by atoms with Gasteiger partial charge in [0.1, 0.15) is 6.10 Å². The minimum atomic E-state index is -0.724. The van der Waals surface area contributed by atoms with Gasteiger partial charge in [0, 0.05) is 20.6 Å². The summed E-state index contributed by atoms with van der Waals surface area (Å²) in [4.78, 5) is 0. The average molecular weight is 160 g/mol. The van der Waals surface area contributed by atoms with Crippen molar-refractivity contribution < 1.29 is 14.6 Å². The van der Waals surface area contributed by atoms with Crippen LogP contribution in [0.4, 0.5) is 0 Å².